The van der Waals surface area contributed by atoms with Crippen LogP contribution in [0.4, 0.5) is 0 Å². The molecule has 124 heavy (non-hydrogen) atoms. The molecule has 0 amide bonds. The summed E-state index contributed by atoms with van der Waals surface area (Å²) in [6.45, 7) is 0. The van der Waals surface area contributed by atoms with E-state index in [9.17, 15) is 0 Å². The largest absolute Gasteiger partial charge is 0.309 e. The van der Waals surface area contributed by atoms with Gasteiger partial charge < -0.3 is 9.13 Å². The van der Waals surface area contributed by atoms with Crippen LogP contribution in [0.3, 0.4) is 0 Å². The molecule has 0 saturated heterocycles. The van der Waals surface area contributed by atoms with Gasteiger partial charge in [-0.1, -0.05) is 340 Å². The normalized spacial score (nSPS) is 11.5. The van der Waals surface area contributed by atoms with Gasteiger partial charge in [-0.15, -0.1) is 0 Å². The van der Waals surface area contributed by atoms with Gasteiger partial charge in [0.25, 0.3) is 0 Å². The van der Waals surface area contributed by atoms with E-state index in [1.165, 1.54) is 92.6 Å². The summed E-state index contributed by atoms with van der Waals surface area (Å²) in [5.74, 6) is 1.37. The highest BCUT2D eigenvalue weighted by molar-refractivity contribution is 6.24. The smallest absolute Gasteiger partial charge is 0.160 e. The molecule has 0 fully saturated rings. The summed E-state index contributed by atoms with van der Waals surface area (Å²) in [6, 6.07) is 151. The zero-order chi connectivity index (χ0) is 82.0. The molecule has 0 aliphatic rings. The fourth-order valence-electron chi connectivity index (χ4n) is 18.6. The number of rotatable bonds is 13. The summed E-state index contributed by atoms with van der Waals surface area (Å²) >= 11 is 0. The van der Waals surface area contributed by atoms with Gasteiger partial charge in [0.2, 0.25) is 0 Å². The van der Waals surface area contributed by atoms with Crippen LogP contribution in [0.2, 0.25) is 0 Å². The average Bonchev–Trinajstić information content (AvgIpc) is 1.19. The summed E-state index contributed by atoms with van der Waals surface area (Å²) in [7, 11) is 0. The summed E-state index contributed by atoms with van der Waals surface area (Å²) in [6.07, 6.45) is 7.72. The molecular weight excluding hydrogens is 1510 g/mol. The van der Waals surface area contributed by atoms with E-state index >= 15 is 0 Å². The van der Waals surface area contributed by atoms with Crippen LogP contribution in [-0.2, 0) is 0 Å². The van der Waals surface area contributed by atoms with E-state index < -0.39 is 0 Å². The maximum atomic E-state index is 5.29. The highest BCUT2D eigenvalue weighted by Crippen LogP contribution is 2.48. The van der Waals surface area contributed by atoms with Crippen molar-refractivity contribution in [1.29, 1.82) is 0 Å². The second-order valence-electron chi connectivity index (χ2n) is 31.6. The molecule has 6 heterocycles. The molecule has 0 aliphatic carbocycles. The molecule has 0 spiro atoms. The Morgan fingerprint density at radius 1 is 0.161 bits per heavy atom. The highest BCUT2D eigenvalue weighted by atomic mass is 15.0. The fraction of sp³-hybridized carbons (Fsp3) is 0. The molecule has 0 radical (unpaired) electrons. The first-order valence-electron chi connectivity index (χ1n) is 42.0. The maximum Gasteiger partial charge on any atom is 0.160 e. The van der Waals surface area contributed by atoms with E-state index in [0.717, 1.165) is 128 Å². The molecule has 578 valence electrons. The number of aromatic nitrogens is 8. The Bertz CT molecular complexity index is 8140. The highest BCUT2D eigenvalue weighted by Gasteiger charge is 2.24. The minimum atomic E-state index is 0.678. The quantitative estimate of drug-likeness (QED) is 0.107. The molecule has 0 unspecified atom stereocenters. The minimum Gasteiger partial charge on any atom is -0.309 e. The SMILES string of the molecule is c1ccc(-c2cc(-c3ccc(-c4c5ccccc5c(-c5ccccc5)c5ccccc45)cc3)nc(-c3cccc(-c4ccc5c(c4)c4cnccc4n5-c4ccccc4)c3)n2)cc1.c1ccc(-c2cc(-c3ccc4ccccc4c3)nc(-c3ccc(-c4c5ccccc5c(-c5ccc6c(c5)c5cnccc5n6-c5ccccc5)c5ccccc45)cc3)n2)cc1. The Hall–Kier alpha value is -16.7. The molecule has 0 saturated carbocycles. The standard InChI is InChI=1S/C59H38N4.C57H36N4/c1-4-15-39(16-5-1)53-37-54(40-27-29-42(30-28-40)58-49-25-12-10-23-47(49)57(41-17-6-2-7-18-41)48-24-11-13-26-50(48)58)62-59(61-53)45-20-14-19-43(35-45)44-31-32-55-51(36-44)52-38-60-34-33-56(52)63(55)46-21-8-3-9-22-46;1-3-14-38(15-4-1)51-35-52(42-28-23-37-13-7-8-16-41(37)33-42)60-57(59-51)40-26-24-39(25-27-40)55-45-19-9-11-21-47(45)56(48-22-12-10-20-46(48)55)43-29-30-53-49(34-43)50-36-58-32-31-54(50)61(53)44-17-5-2-6-18-44/h1-38H;1-36H. The number of para-hydroxylation sites is 2. The van der Waals surface area contributed by atoms with Crippen LogP contribution in [0.15, 0.2) is 449 Å². The van der Waals surface area contributed by atoms with Crippen LogP contribution in [0.25, 0.3) is 232 Å². The molecule has 6 aromatic heterocycles. The number of fused-ring (bicyclic) bond motifs is 11. The first kappa shape index (κ1) is 72.5. The number of pyridine rings is 2. The van der Waals surface area contributed by atoms with Crippen molar-refractivity contribution in [3.63, 3.8) is 0 Å². The Balaban J connectivity index is 0.000000143. The van der Waals surface area contributed by atoms with E-state index in [1.54, 1.807) is 0 Å². The van der Waals surface area contributed by atoms with Gasteiger partial charge in [0.1, 0.15) is 0 Å². The van der Waals surface area contributed by atoms with Crippen molar-refractivity contribution in [2.24, 2.45) is 0 Å². The lowest BCUT2D eigenvalue weighted by Gasteiger charge is -2.18. The molecule has 0 N–H and O–H groups in total. The lowest BCUT2D eigenvalue weighted by atomic mass is 9.85. The van der Waals surface area contributed by atoms with Gasteiger partial charge in [0.15, 0.2) is 11.6 Å². The van der Waals surface area contributed by atoms with Crippen molar-refractivity contribution in [3.8, 4) is 135 Å². The molecule has 18 aromatic carbocycles. The maximum absolute atomic E-state index is 5.29. The second-order valence-corrected chi connectivity index (χ2v) is 31.6. The van der Waals surface area contributed by atoms with Gasteiger partial charge in [-0.2, -0.15) is 0 Å². The molecule has 8 heteroatoms. The predicted molar refractivity (Wildman–Crippen MR) is 516 cm³/mol. The van der Waals surface area contributed by atoms with Gasteiger partial charge in [-0.25, -0.2) is 19.9 Å². The van der Waals surface area contributed by atoms with Crippen molar-refractivity contribution in [2.75, 3.05) is 0 Å². The third kappa shape index (κ3) is 13.0. The summed E-state index contributed by atoms with van der Waals surface area (Å²) in [5, 5.41) is 16.8. The first-order chi connectivity index (χ1) is 61.5. The van der Waals surface area contributed by atoms with Crippen molar-refractivity contribution in [1.82, 2.24) is 39.0 Å². The van der Waals surface area contributed by atoms with Gasteiger partial charge in [-0.05, 0) is 194 Å². The third-order valence-electron chi connectivity index (χ3n) is 24.4. The molecule has 24 rings (SSSR count). The molecule has 8 nitrogen and oxygen atoms in total. The zero-order valence-corrected chi connectivity index (χ0v) is 67.3. The third-order valence-corrected chi connectivity index (χ3v) is 24.4. The van der Waals surface area contributed by atoms with E-state index in [1.807, 2.05) is 36.9 Å². The van der Waals surface area contributed by atoms with Crippen molar-refractivity contribution in [3.05, 3.63) is 449 Å². The number of nitrogens with zero attached hydrogens (tertiary/aromatic N) is 8. The van der Waals surface area contributed by atoms with Gasteiger partial charge in [-0.3, -0.25) is 9.97 Å². The second kappa shape index (κ2) is 30.9. The molecular formula is C116H74N8. The summed E-state index contributed by atoms with van der Waals surface area (Å²) in [5.41, 5.74) is 28.3. The van der Waals surface area contributed by atoms with Crippen LogP contribution >= 0.6 is 0 Å². The van der Waals surface area contributed by atoms with Crippen LogP contribution in [0.5, 0.6) is 0 Å². The number of hydrogen-bond acceptors (Lipinski definition) is 6. The van der Waals surface area contributed by atoms with Gasteiger partial charge >= 0.3 is 0 Å². The van der Waals surface area contributed by atoms with Crippen LogP contribution < -0.4 is 0 Å². The number of hydrogen-bond donors (Lipinski definition) is 0. The van der Waals surface area contributed by atoms with Crippen LogP contribution in [0, 0.1) is 0 Å². The summed E-state index contributed by atoms with van der Waals surface area (Å²) < 4.78 is 4.65. The lowest BCUT2D eigenvalue weighted by Crippen LogP contribution is -1.96. The predicted octanol–water partition coefficient (Wildman–Crippen LogP) is 30.0. The van der Waals surface area contributed by atoms with E-state index in [4.69, 9.17) is 19.9 Å². The lowest BCUT2D eigenvalue weighted by molar-refractivity contribution is 1.17. The Morgan fingerprint density at radius 2 is 0.460 bits per heavy atom. The average molecular weight is 1580 g/mol. The van der Waals surface area contributed by atoms with Crippen molar-refractivity contribution >= 4 is 97.5 Å². The molecule has 0 aliphatic heterocycles. The number of benzene rings is 18. The van der Waals surface area contributed by atoms with Gasteiger partial charge in [0, 0.05) is 91.1 Å². The first-order valence-corrected chi connectivity index (χ1v) is 42.0. The topological polar surface area (TPSA) is 87.2 Å². The monoisotopic (exact) mass is 1580 g/mol. The van der Waals surface area contributed by atoms with Crippen LogP contribution in [0.1, 0.15) is 0 Å². The minimum absolute atomic E-state index is 0.678. The Morgan fingerprint density at radius 3 is 0.919 bits per heavy atom. The Kier molecular flexibility index (Phi) is 18.1. The van der Waals surface area contributed by atoms with E-state index in [0.29, 0.717) is 11.6 Å². The van der Waals surface area contributed by atoms with E-state index in [-0.39, 0.29) is 0 Å². The molecule has 0 atom stereocenters. The van der Waals surface area contributed by atoms with Crippen molar-refractivity contribution in [2.45, 2.75) is 0 Å². The molecule has 24 aromatic rings. The van der Waals surface area contributed by atoms with Crippen LogP contribution in [-0.4, -0.2) is 39.0 Å². The molecule has 0 bridgehead atoms. The van der Waals surface area contributed by atoms with E-state index in [2.05, 4.69) is 432 Å². The fourth-order valence-corrected chi connectivity index (χ4v) is 18.6. The van der Waals surface area contributed by atoms with Crippen molar-refractivity contribution < 1.29 is 0 Å². The zero-order valence-electron chi connectivity index (χ0n) is 67.3. The summed E-state index contributed by atoms with van der Waals surface area (Å²) in [4.78, 5) is 29.9. The Labute approximate surface area is 716 Å². The van der Waals surface area contributed by atoms with Gasteiger partial charge in [0.05, 0.1) is 44.8 Å².